The Morgan fingerprint density at radius 3 is 2.72 bits per heavy atom. The SMILES string of the molecule is CCOc1cc([C@@H]2CC(=O)NC3=C2C(=O)CC(C)(C)C3)cc(Br)c1O. The summed E-state index contributed by atoms with van der Waals surface area (Å²) in [6.45, 7) is 6.32. The highest BCUT2D eigenvalue weighted by Gasteiger charge is 2.40. The van der Waals surface area contributed by atoms with Crippen LogP contribution in [0.2, 0.25) is 0 Å². The summed E-state index contributed by atoms with van der Waals surface area (Å²) in [5.41, 5.74) is 2.07. The third kappa shape index (κ3) is 3.45. The van der Waals surface area contributed by atoms with Gasteiger partial charge < -0.3 is 15.2 Å². The van der Waals surface area contributed by atoms with E-state index >= 15 is 0 Å². The fraction of sp³-hybridized carbons (Fsp3) is 0.474. The quantitative estimate of drug-likeness (QED) is 0.798. The number of halogens is 1. The summed E-state index contributed by atoms with van der Waals surface area (Å²) in [7, 11) is 0. The number of ketones is 1. The summed E-state index contributed by atoms with van der Waals surface area (Å²) in [6, 6.07) is 3.49. The molecule has 1 aliphatic carbocycles. The predicted molar refractivity (Wildman–Crippen MR) is 97.5 cm³/mol. The van der Waals surface area contributed by atoms with Crippen LogP contribution in [0, 0.1) is 5.41 Å². The molecule has 25 heavy (non-hydrogen) atoms. The van der Waals surface area contributed by atoms with E-state index in [2.05, 4.69) is 21.2 Å². The van der Waals surface area contributed by atoms with Crippen molar-refractivity contribution < 1.29 is 19.4 Å². The Bertz CT molecular complexity index is 782. The molecule has 0 spiro atoms. The van der Waals surface area contributed by atoms with E-state index in [9.17, 15) is 14.7 Å². The maximum Gasteiger partial charge on any atom is 0.225 e. The molecule has 0 fully saturated rings. The van der Waals surface area contributed by atoms with Crippen molar-refractivity contribution in [1.82, 2.24) is 5.32 Å². The van der Waals surface area contributed by atoms with E-state index in [1.54, 1.807) is 12.1 Å². The third-order valence-electron chi connectivity index (χ3n) is 4.70. The number of benzene rings is 1. The fourth-order valence-corrected chi connectivity index (χ4v) is 4.16. The van der Waals surface area contributed by atoms with Gasteiger partial charge in [0.1, 0.15) is 0 Å². The minimum absolute atomic E-state index is 0.0242. The molecule has 3 rings (SSSR count). The second kappa shape index (κ2) is 6.48. The summed E-state index contributed by atoms with van der Waals surface area (Å²) in [5, 5.41) is 13.0. The minimum atomic E-state index is -0.316. The van der Waals surface area contributed by atoms with E-state index in [0.717, 1.165) is 11.3 Å². The van der Waals surface area contributed by atoms with Crippen molar-refractivity contribution in [2.24, 2.45) is 5.41 Å². The van der Waals surface area contributed by atoms with Crippen molar-refractivity contribution in [2.75, 3.05) is 6.61 Å². The molecule has 2 aliphatic rings. The standard InChI is InChI=1S/C19H22BrNO4/c1-4-25-15-6-10(5-12(20)18(15)24)11-7-16(23)21-13-8-19(2,3)9-14(22)17(11)13/h5-6,11,24H,4,7-9H2,1-3H3,(H,21,23)/t11-/m0/s1. The number of allylic oxidation sites excluding steroid dienone is 2. The molecule has 0 aromatic heterocycles. The lowest BCUT2D eigenvalue weighted by Gasteiger charge is -2.38. The highest BCUT2D eigenvalue weighted by atomic mass is 79.9. The zero-order valence-corrected chi connectivity index (χ0v) is 16.2. The minimum Gasteiger partial charge on any atom is -0.503 e. The zero-order valence-electron chi connectivity index (χ0n) is 14.6. The molecular formula is C19H22BrNO4. The first-order valence-corrected chi connectivity index (χ1v) is 9.22. The molecule has 1 atom stereocenters. The molecule has 0 saturated heterocycles. The van der Waals surface area contributed by atoms with Gasteiger partial charge in [-0.3, -0.25) is 9.59 Å². The number of phenols is 1. The van der Waals surface area contributed by atoms with Gasteiger partial charge in [-0.25, -0.2) is 0 Å². The molecular weight excluding hydrogens is 386 g/mol. The Kier molecular flexibility index (Phi) is 4.66. The van der Waals surface area contributed by atoms with Gasteiger partial charge in [-0.1, -0.05) is 13.8 Å². The maximum atomic E-state index is 12.8. The van der Waals surface area contributed by atoms with Crippen molar-refractivity contribution in [3.63, 3.8) is 0 Å². The molecule has 1 amide bonds. The van der Waals surface area contributed by atoms with Crippen LogP contribution in [0.4, 0.5) is 0 Å². The lowest BCUT2D eigenvalue weighted by Crippen LogP contribution is -2.40. The number of phenolic OH excluding ortho intramolecular Hbond substituents is 1. The number of ether oxygens (including phenoxy) is 1. The highest BCUT2D eigenvalue weighted by Crippen LogP contribution is 2.46. The third-order valence-corrected chi connectivity index (χ3v) is 5.31. The molecule has 134 valence electrons. The highest BCUT2D eigenvalue weighted by molar-refractivity contribution is 9.10. The van der Waals surface area contributed by atoms with Crippen molar-refractivity contribution in [3.8, 4) is 11.5 Å². The number of rotatable bonds is 3. The van der Waals surface area contributed by atoms with E-state index < -0.39 is 0 Å². The normalized spacial score (nSPS) is 22.5. The van der Waals surface area contributed by atoms with Crippen LogP contribution in [0.15, 0.2) is 27.9 Å². The Labute approximate surface area is 155 Å². The van der Waals surface area contributed by atoms with Crippen molar-refractivity contribution >= 4 is 27.6 Å². The number of aromatic hydroxyl groups is 1. The molecule has 0 bridgehead atoms. The van der Waals surface area contributed by atoms with Gasteiger partial charge in [0.05, 0.1) is 11.1 Å². The molecule has 1 aromatic rings. The summed E-state index contributed by atoms with van der Waals surface area (Å²) in [5.74, 6) is 0.0537. The summed E-state index contributed by atoms with van der Waals surface area (Å²) < 4.78 is 5.98. The van der Waals surface area contributed by atoms with E-state index in [1.807, 2.05) is 20.8 Å². The molecule has 6 heteroatoms. The average Bonchev–Trinajstić information content (AvgIpc) is 2.49. The largest absolute Gasteiger partial charge is 0.503 e. The number of hydrogen-bond donors (Lipinski definition) is 2. The van der Waals surface area contributed by atoms with E-state index in [-0.39, 0.29) is 35.2 Å². The van der Waals surface area contributed by atoms with Gasteiger partial charge in [0, 0.05) is 30.0 Å². The van der Waals surface area contributed by atoms with Crippen LogP contribution < -0.4 is 10.1 Å². The van der Waals surface area contributed by atoms with Crippen molar-refractivity contribution in [2.45, 2.75) is 46.0 Å². The van der Waals surface area contributed by atoms with Crippen LogP contribution in [0.1, 0.15) is 51.5 Å². The number of carbonyl (C=O) groups excluding carboxylic acids is 2. The number of carbonyl (C=O) groups is 2. The average molecular weight is 408 g/mol. The smallest absolute Gasteiger partial charge is 0.225 e. The molecule has 1 aromatic carbocycles. The van der Waals surface area contributed by atoms with Crippen LogP contribution in [0.5, 0.6) is 11.5 Å². The number of amides is 1. The zero-order chi connectivity index (χ0) is 18.4. The first-order chi connectivity index (χ1) is 11.7. The van der Waals surface area contributed by atoms with E-state index in [0.29, 0.717) is 35.2 Å². The molecule has 1 heterocycles. The van der Waals surface area contributed by atoms with Crippen LogP contribution in [0.3, 0.4) is 0 Å². The Morgan fingerprint density at radius 2 is 2.04 bits per heavy atom. The van der Waals surface area contributed by atoms with Crippen molar-refractivity contribution in [3.05, 3.63) is 33.4 Å². The van der Waals surface area contributed by atoms with Gasteiger partial charge in [-0.15, -0.1) is 0 Å². The van der Waals surface area contributed by atoms with Gasteiger partial charge in [-0.05, 0) is 52.4 Å². The summed E-state index contributed by atoms with van der Waals surface area (Å²) in [6.07, 6.45) is 1.36. The van der Waals surface area contributed by atoms with Gasteiger partial charge in [0.15, 0.2) is 17.3 Å². The lowest BCUT2D eigenvalue weighted by molar-refractivity contribution is -0.122. The molecule has 1 aliphatic heterocycles. The Morgan fingerprint density at radius 1 is 1.32 bits per heavy atom. The second-order valence-electron chi connectivity index (χ2n) is 7.42. The Hall–Kier alpha value is -1.82. The van der Waals surface area contributed by atoms with E-state index in [4.69, 9.17) is 4.74 Å². The summed E-state index contributed by atoms with van der Waals surface area (Å²) in [4.78, 5) is 25.0. The van der Waals surface area contributed by atoms with E-state index in [1.165, 1.54) is 0 Å². The lowest BCUT2D eigenvalue weighted by atomic mass is 9.70. The number of nitrogens with one attached hydrogen (secondary N) is 1. The van der Waals surface area contributed by atoms with Crippen molar-refractivity contribution in [1.29, 1.82) is 0 Å². The molecule has 2 N–H and O–H groups in total. The van der Waals surface area contributed by atoms with Gasteiger partial charge in [0.25, 0.3) is 0 Å². The van der Waals surface area contributed by atoms with Gasteiger partial charge in [0.2, 0.25) is 5.91 Å². The number of hydrogen-bond acceptors (Lipinski definition) is 4. The first-order valence-electron chi connectivity index (χ1n) is 8.43. The maximum absolute atomic E-state index is 12.8. The summed E-state index contributed by atoms with van der Waals surface area (Å²) >= 11 is 3.34. The van der Waals surface area contributed by atoms with Crippen LogP contribution in [-0.4, -0.2) is 23.4 Å². The second-order valence-corrected chi connectivity index (χ2v) is 8.27. The monoisotopic (exact) mass is 407 g/mol. The van der Waals surface area contributed by atoms with Gasteiger partial charge in [-0.2, -0.15) is 0 Å². The molecule has 5 nitrogen and oxygen atoms in total. The predicted octanol–water partition coefficient (Wildman–Crippen LogP) is 3.80. The van der Waals surface area contributed by atoms with Crippen LogP contribution >= 0.6 is 15.9 Å². The molecule has 0 saturated carbocycles. The molecule has 0 unspecified atom stereocenters. The molecule has 0 radical (unpaired) electrons. The van der Waals surface area contributed by atoms with Crippen LogP contribution in [0.25, 0.3) is 0 Å². The Balaban J connectivity index is 2.10. The van der Waals surface area contributed by atoms with Gasteiger partial charge >= 0.3 is 0 Å². The number of Topliss-reactive ketones (excluding diaryl/α,β-unsaturated/α-hetero) is 1. The first kappa shape index (κ1) is 18.0. The fourth-order valence-electron chi connectivity index (χ4n) is 3.70. The topological polar surface area (TPSA) is 75.6 Å². The van der Waals surface area contributed by atoms with Crippen LogP contribution in [-0.2, 0) is 9.59 Å².